The molecule has 3 heterocycles. The smallest absolute Gasteiger partial charge is 0.164 e. The highest BCUT2D eigenvalue weighted by atomic mass is 16.3. The van der Waals surface area contributed by atoms with Crippen LogP contribution >= 0.6 is 0 Å². The number of para-hydroxylation sites is 1. The van der Waals surface area contributed by atoms with Gasteiger partial charge >= 0.3 is 0 Å². The number of benzene rings is 12. The van der Waals surface area contributed by atoms with Gasteiger partial charge in [-0.3, -0.25) is 0 Å². The third-order valence-electron chi connectivity index (χ3n) is 14.6. The first-order valence-electron chi connectivity index (χ1n) is 24.4. The fourth-order valence-electron chi connectivity index (χ4n) is 11.2. The van der Waals surface area contributed by atoms with Crippen LogP contribution in [-0.2, 0) is 0 Å². The van der Waals surface area contributed by atoms with Crippen molar-refractivity contribution in [1.82, 2.24) is 19.5 Å². The molecule has 5 heteroatoms. The van der Waals surface area contributed by atoms with Crippen LogP contribution in [0.2, 0.25) is 0 Å². The fraction of sp³-hybridized carbons (Fsp3) is 0. The Labute approximate surface area is 413 Å². The lowest BCUT2D eigenvalue weighted by Crippen LogP contribution is -2.00. The van der Waals surface area contributed by atoms with E-state index < -0.39 is 0 Å². The molecule has 15 aromatic rings. The normalized spacial score (nSPS) is 11.9. The van der Waals surface area contributed by atoms with E-state index in [9.17, 15) is 0 Å². The van der Waals surface area contributed by atoms with Crippen LogP contribution in [0.1, 0.15) is 0 Å². The summed E-state index contributed by atoms with van der Waals surface area (Å²) in [7, 11) is 0. The summed E-state index contributed by atoms with van der Waals surface area (Å²) in [6, 6.07) is 86.4. The number of fused-ring (bicyclic) bond motifs is 14. The third kappa shape index (κ3) is 6.38. The van der Waals surface area contributed by atoms with E-state index in [0.717, 1.165) is 72.1 Å². The summed E-state index contributed by atoms with van der Waals surface area (Å²) < 4.78 is 9.14. The molecule has 72 heavy (non-hydrogen) atoms. The van der Waals surface area contributed by atoms with Crippen LogP contribution in [0.25, 0.3) is 149 Å². The maximum Gasteiger partial charge on any atom is 0.164 e. The summed E-state index contributed by atoms with van der Waals surface area (Å²) in [6.07, 6.45) is 0. The van der Waals surface area contributed by atoms with Crippen LogP contribution in [0.4, 0.5) is 0 Å². The molecule has 0 N–H and O–H groups in total. The maximum atomic E-state index is 6.75. The Bertz CT molecular complexity index is 4650. The van der Waals surface area contributed by atoms with Crippen molar-refractivity contribution in [1.29, 1.82) is 0 Å². The largest absolute Gasteiger partial charge is 0.456 e. The molecule has 5 nitrogen and oxygen atoms in total. The number of hydrogen-bond acceptors (Lipinski definition) is 4. The monoisotopic (exact) mass is 916 g/mol. The molecule has 334 valence electrons. The van der Waals surface area contributed by atoms with E-state index in [0.29, 0.717) is 17.5 Å². The zero-order valence-electron chi connectivity index (χ0n) is 38.8. The summed E-state index contributed by atoms with van der Waals surface area (Å²) in [6.45, 7) is 0. The Morgan fingerprint density at radius 2 is 0.722 bits per heavy atom. The Morgan fingerprint density at radius 3 is 1.42 bits per heavy atom. The van der Waals surface area contributed by atoms with Gasteiger partial charge in [0.1, 0.15) is 11.2 Å². The first-order valence-corrected chi connectivity index (χ1v) is 24.4. The molecule has 0 bridgehead atoms. The zero-order chi connectivity index (χ0) is 47.3. The standard InChI is InChI=1S/C67H40N4O/c1-3-15-42(16-4-1)65-68-66(47-18-13-17-43(36-47)44-26-31-55-53-24-10-9-22-51(53)52-23-11-12-25-54(52)59(55)37-44)70-67(69-65)48-29-33-57-56-32-27-46(39-62(56)72-63(57)40-48)45-28-34-58-61(38-45)71(49-19-5-2-6-20-49)60-35-30-41-14-7-8-21-50(41)64(58)60/h1-40H. The van der Waals surface area contributed by atoms with Crippen molar-refractivity contribution in [2.45, 2.75) is 0 Å². The lowest BCUT2D eigenvalue weighted by molar-refractivity contribution is 0.669. The van der Waals surface area contributed by atoms with Crippen LogP contribution in [0.15, 0.2) is 247 Å². The second-order valence-electron chi connectivity index (χ2n) is 18.7. The molecular weight excluding hydrogens is 877 g/mol. The van der Waals surface area contributed by atoms with Crippen LogP contribution in [-0.4, -0.2) is 19.5 Å². The van der Waals surface area contributed by atoms with Gasteiger partial charge in [-0.05, 0) is 126 Å². The van der Waals surface area contributed by atoms with E-state index in [-0.39, 0.29) is 0 Å². The highest BCUT2D eigenvalue weighted by Crippen LogP contribution is 2.42. The van der Waals surface area contributed by atoms with Crippen molar-refractivity contribution in [2.75, 3.05) is 0 Å². The molecular formula is C67H40N4O. The van der Waals surface area contributed by atoms with E-state index in [2.05, 4.69) is 217 Å². The third-order valence-corrected chi connectivity index (χ3v) is 14.6. The van der Waals surface area contributed by atoms with Crippen molar-refractivity contribution in [3.05, 3.63) is 243 Å². The zero-order valence-corrected chi connectivity index (χ0v) is 38.8. The van der Waals surface area contributed by atoms with Gasteiger partial charge in [-0.2, -0.15) is 0 Å². The average Bonchev–Trinajstić information content (AvgIpc) is 4.00. The lowest BCUT2D eigenvalue weighted by Gasteiger charge is -2.13. The van der Waals surface area contributed by atoms with E-state index >= 15 is 0 Å². The van der Waals surface area contributed by atoms with Gasteiger partial charge < -0.3 is 8.98 Å². The van der Waals surface area contributed by atoms with Crippen molar-refractivity contribution < 1.29 is 4.42 Å². The molecule has 0 saturated heterocycles. The molecule has 0 saturated carbocycles. The maximum absolute atomic E-state index is 6.75. The van der Waals surface area contributed by atoms with Crippen LogP contribution in [0, 0.1) is 0 Å². The Hall–Kier alpha value is -9.71. The predicted octanol–water partition coefficient (Wildman–Crippen LogP) is 17.8. The van der Waals surface area contributed by atoms with Crippen molar-refractivity contribution in [3.63, 3.8) is 0 Å². The number of furan rings is 1. The number of aromatic nitrogens is 4. The van der Waals surface area contributed by atoms with E-state index in [1.165, 1.54) is 59.4 Å². The Morgan fingerprint density at radius 1 is 0.264 bits per heavy atom. The molecule has 0 aliphatic carbocycles. The second-order valence-corrected chi connectivity index (χ2v) is 18.7. The molecule has 0 amide bonds. The fourth-order valence-corrected chi connectivity index (χ4v) is 11.2. The highest BCUT2D eigenvalue weighted by Gasteiger charge is 2.19. The van der Waals surface area contributed by atoms with Gasteiger partial charge in [0.25, 0.3) is 0 Å². The molecule has 0 aliphatic rings. The number of rotatable bonds is 6. The minimum absolute atomic E-state index is 0.575. The van der Waals surface area contributed by atoms with E-state index in [4.69, 9.17) is 19.4 Å². The van der Waals surface area contributed by atoms with E-state index in [1.807, 2.05) is 30.3 Å². The average molecular weight is 917 g/mol. The Kier molecular flexibility index (Phi) is 8.89. The molecule has 15 rings (SSSR count). The minimum Gasteiger partial charge on any atom is -0.456 e. The molecule has 12 aromatic carbocycles. The van der Waals surface area contributed by atoms with Gasteiger partial charge in [0, 0.05) is 43.9 Å². The Balaban J connectivity index is 0.824. The van der Waals surface area contributed by atoms with Gasteiger partial charge in [0.15, 0.2) is 17.5 Å². The SMILES string of the molecule is c1ccc(-c2nc(-c3cccc(-c4ccc5c6ccccc6c6ccccc6c5c4)c3)nc(-c3ccc4c(c3)oc3cc(-c5ccc6c7c8ccccc8ccc7n(-c7ccccc7)c6c5)ccc34)n2)cc1. The topological polar surface area (TPSA) is 56.7 Å². The molecule has 0 radical (unpaired) electrons. The van der Waals surface area contributed by atoms with Crippen LogP contribution in [0.5, 0.6) is 0 Å². The quantitative estimate of drug-likeness (QED) is 0.156. The summed E-state index contributed by atoms with van der Waals surface area (Å²) >= 11 is 0. The summed E-state index contributed by atoms with van der Waals surface area (Å²) in [5, 5.41) is 14.6. The lowest BCUT2D eigenvalue weighted by atomic mass is 9.92. The summed E-state index contributed by atoms with van der Waals surface area (Å²) in [5.41, 5.74) is 12.2. The minimum atomic E-state index is 0.575. The van der Waals surface area contributed by atoms with Crippen LogP contribution in [0.3, 0.4) is 0 Å². The number of nitrogens with zero attached hydrogens (tertiary/aromatic N) is 4. The summed E-state index contributed by atoms with van der Waals surface area (Å²) in [5.74, 6) is 1.78. The van der Waals surface area contributed by atoms with Gasteiger partial charge in [-0.1, -0.05) is 182 Å². The molecule has 0 atom stereocenters. The van der Waals surface area contributed by atoms with Crippen molar-refractivity contribution in [3.8, 4) is 62.1 Å². The van der Waals surface area contributed by atoms with Crippen molar-refractivity contribution >= 4 is 86.8 Å². The van der Waals surface area contributed by atoms with Gasteiger partial charge in [0.05, 0.1) is 11.0 Å². The van der Waals surface area contributed by atoms with E-state index in [1.54, 1.807) is 0 Å². The predicted molar refractivity (Wildman–Crippen MR) is 299 cm³/mol. The first kappa shape index (κ1) is 40.2. The molecule has 3 aromatic heterocycles. The van der Waals surface area contributed by atoms with Gasteiger partial charge in [-0.25, -0.2) is 15.0 Å². The molecule has 0 spiro atoms. The molecule has 0 fully saturated rings. The van der Waals surface area contributed by atoms with Gasteiger partial charge in [0.2, 0.25) is 0 Å². The van der Waals surface area contributed by atoms with Crippen molar-refractivity contribution in [2.24, 2.45) is 0 Å². The molecule has 0 unspecified atom stereocenters. The molecule has 0 aliphatic heterocycles. The second kappa shape index (κ2) is 15.9. The number of hydrogen-bond donors (Lipinski definition) is 0. The summed E-state index contributed by atoms with van der Waals surface area (Å²) in [4.78, 5) is 15.4. The first-order chi connectivity index (χ1) is 35.7. The highest BCUT2D eigenvalue weighted by molar-refractivity contribution is 6.26. The van der Waals surface area contributed by atoms with Gasteiger partial charge in [-0.15, -0.1) is 0 Å². The van der Waals surface area contributed by atoms with Crippen LogP contribution < -0.4 is 0 Å².